The molecule has 1 aromatic heterocycles. The number of nitrogens with zero attached hydrogens (tertiary/aromatic N) is 3. The highest BCUT2D eigenvalue weighted by molar-refractivity contribution is 7.91. The van der Waals surface area contributed by atoms with Crippen LogP contribution < -0.4 is 4.74 Å². The maximum Gasteiger partial charge on any atom is 0.227 e. The van der Waals surface area contributed by atoms with Crippen LogP contribution in [0.5, 0.6) is 5.75 Å². The predicted molar refractivity (Wildman–Crippen MR) is 107 cm³/mol. The van der Waals surface area contributed by atoms with Crippen molar-refractivity contribution in [3.8, 4) is 5.75 Å². The van der Waals surface area contributed by atoms with Gasteiger partial charge in [0.15, 0.2) is 9.84 Å². The number of carbonyl (C=O) groups is 1. The fourth-order valence-corrected chi connectivity index (χ4v) is 5.32. The molecular formula is C20H27N3O4S. The molecule has 0 spiro atoms. The maximum atomic E-state index is 12.6. The van der Waals surface area contributed by atoms with Gasteiger partial charge in [-0.3, -0.25) is 9.48 Å². The SMILES string of the molecule is COc1ccc(CC(=O)N(C)Cc2c(C)nn([C@H]3CCS(=O)(=O)C3)c2C)cc1. The first kappa shape index (κ1) is 20.4. The Labute approximate surface area is 166 Å². The molecule has 2 aromatic rings. The van der Waals surface area contributed by atoms with Gasteiger partial charge in [-0.1, -0.05) is 12.1 Å². The molecule has 28 heavy (non-hydrogen) atoms. The van der Waals surface area contributed by atoms with Gasteiger partial charge < -0.3 is 9.64 Å². The number of benzene rings is 1. The number of amides is 1. The summed E-state index contributed by atoms with van der Waals surface area (Å²) in [6, 6.07) is 7.35. The van der Waals surface area contributed by atoms with Crippen LogP contribution >= 0.6 is 0 Å². The molecule has 0 aliphatic carbocycles. The Morgan fingerprint density at radius 3 is 2.54 bits per heavy atom. The number of rotatable bonds is 6. The number of likely N-dealkylation sites (N-methyl/N-ethyl adjacent to an activating group) is 1. The van der Waals surface area contributed by atoms with E-state index in [-0.39, 0.29) is 23.5 Å². The quantitative estimate of drug-likeness (QED) is 0.735. The summed E-state index contributed by atoms with van der Waals surface area (Å²) in [6.45, 7) is 4.30. The van der Waals surface area contributed by atoms with Crippen molar-refractivity contribution in [3.63, 3.8) is 0 Å². The molecule has 0 radical (unpaired) electrons. The molecular weight excluding hydrogens is 378 g/mol. The standard InChI is InChI=1S/C20H27N3O4S/c1-14-19(15(2)23(21-14)17-9-10-28(25,26)13-17)12-22(3)20(24)11-16-5-7-18(27-4)8-6-16/h5-8,17H,9-13H2,1-4H3/t17-/m0/s1. The van der Waals surface area contributed by atoms with Gasteiger partial charge in [-0.15, -0.1) is 0 Å². The van der Waals surface area contributed by atoms with E-state index in [1.807, 2.05) is 42.8 Å². The van der Waals surface area contributed by atoms with E-state index in [0.717, 1.165) is 28.3 Å². The maximum absolute atomic E-state index is 12.6. The van der Waals surface area contributed by atoms with Gasteiger partial charge in [-0.05, 0) is 38.0 Å². The summed E-state index contributed by atoms with van der Waals surface area (Å²) >= 11 is 0. The lowest BCUT2D eigenvalue weighted by Crippen LogP contribution is -2.28. The molecule has 152 valence electrons. The van der Waals surface area contributed by atoms with Crippen LogP contribution in [0.1, 0.15) is 35.0 Å². The first-order chi connectivity index (χ1) is 13.2. The monoisotopic (exact) mass is 405 g/mol. The molecule has 1 aliphatic heterocycles. The Morgan fingerprint density at radius 2 is 1.96 bits per heavy atom. The molecule has 2 heterocycles. The van der Waals surface area contributed by atoms with Gasteiger partial charge in [-0.2, -0.15) is 5.10 Å². The van der Waals surface area contributed by atoms with Crippen LogP contribution in [-0.2, 0) is 27.6 Å². The van der Waals surface area contributed by atoms with Gasteiger partial charge in [0.25, 0.3) is 0 Å². The first-order valence-corrected chi connectivity index (χ1v) is 11.1. The first-order valence-electron chi connectivity index (χ1n) is 9.32. The molecule has 0 N–H and O–H groups in total. The molecule has 0 unspecified atom stereocenters. The Balaban J connectivity index is 1.69. The molecule has 0 saturated carbocycles. The number of hydrogen-bond acceptors (Lipinski definition) is 5. The van der Waals surface area contributed by atoms with Gasteiger partial charge in [0.1, 0.15) is 5.75 Å². The Bertz CT molecular complexity index is 964. The third-order valence-corrected chi connectivity index (χ3v) is 7.11. The van der Waals surface area contributed by atoms with E-state index < -0.39 is 9.84 Å². The molecule has 0 bridgehead atoms. The number of carbonyl (C=O) groups excluding carboxylic acids is 1. The summed E-state index contributed by atoms with van der Waals surface area (Å²) in [6.07, 6.45) is 0.906. The number of ether oxygens (including phenoxy) is 1. The second-order valence-electron chi connectivity index (χ2n) is 7.43. The number of sulfone groups is 1. The summed E-state index contributed by atoms with van der Waals surface area (Å²) in [5.41, 5.74) is 3.68. The van der Waals surface area contributed by atoms with Crippen molar-refractivity contribution >= 4 is 15.7 Å². The molecule has 7 nitrogen and oxygen atoms in total. The topological polar surface area (TPSA) is 81.5 Å². The van der Waals surface area contributed by atoms with Crippen LogP contribution in [0.15, 0.2) is 24.3 Å². The molecule has 8 heteroatoms. The van der Waals surface area contributed by atoms with Crippen molar-refractivity contribution in [3.05, 3.63) is 46.8 Å². The minimum absolute atomic E-state index is 0.0140. The van der Waals surface area contributed by atoms with Crippen LogP contribution in [0.25, 0.3) is 0 Å². The highest BCUT2D eigenvalue weighted by atomic mass is 32.2. The molecule has 1 aliphatic rings. The fraction of sp³-hybridized carbons (Fsp3) is 0.500. The Morgan fingerprint density at radius 1 is 1.29 bits per heavy atom. The lowest BCUT2D eigenvalue weighted by molar-refractivity contribution is -0.129. The van der Waals surface area contributed by atoms with Crippen molar-refractivity contribution in [1.29, 1.82) is 0 Å². The third kappa shape index (κ3) is 4.38. The summed E-state index contributed by atoms with van der Waals surface area (Å²) < 4.78 is 30.6. The van der Waals surface area contributed by atoms with Crippen molar-refractivity contribution in [2.75, 3.05) is 25.7 Å². The molecule has 1 saturated heterocycles. The fourth-order valence-electron chi connectivity index (χ4n) is 3.63. The van der Waals surface area contributed by atoms with Gasteiger partial charge in [0, 0.05) is 24.8 Å². The van der Waals surface area contributed by atoms with E-state index in [1.165, 1.54) is 0 Å². The average molecular weight is 406 g/mol. The molecule has 1 atom stereocenters. The van der Waals surface area contributed by atoms with Crippen LogP contribution in [0.4, 0.5) is 0 Å². The van der Waals surface area contributed by atoms with Crippen molar-refractivity contribution in [1.82, 2.24) is 14.7 Å². The van der Waals surface area contributed by atoms with E-state index in [4.69, 9.17) is 4.74 Å². The largest absolute Gasteiger partial charge is 0.497 e. The molecule has 1 fully saturated rings. The van der Waals surface area contributed by atoms with Gasteiger partial charge in [0.2, 0.25) is 5.91 Å². The van der Waals surface area contributed by atoms with Crippen molar-refractivity contribution in [2.24, 2.45) is 0 Å². The second-order valence-corrected chi connectivity index (χ2v) is 9.65. The van der Waals surface area contributed by atoms with Gasteiger partial charge in [0.05, 0.1) is 36.8 Å². The molecule has 1 aromatic carbocycles. The summed E-state index contributed by atoms with van der Waals surface area (Å²) in [5.74, 6) is 1.13. The lowest BCUT2D eigenvalue weighted by atomic mass is 10.1. The van der Waals surface area contributed by atoms with Crippen LogP contribution in [0.3, 0.4) is 0 Å². The zero-order valence-electron chi connectivity index (χ0n) is 16.8. The summed E-state index contributed by atoms with van der Waals surface area (Å²) in [7, 11) is 0.416. The lowest BCUT2D eigenvalue weighted by Gasteiger charge is -2.18. The van der Waals surface area contributed by atoms with E-state index in [1.54, 1.807) is 19.1 Å². The predicted octanol–water partition coefficient (Wildman–Crippen LogP) is 2.07. The second kappa shape index (κ2) is 7.95. The van der Waals surface area contributed by atoms with Crippen LogP contribution in [0, 0.1) is 13.8 Å². The highest BCUT2D eigenvalue weighted by Crippen LogP contribution is 2.27. The summed E-state index contributed by atoms with van der Waals surface area (Å²) in [5, 5.41) is 4.57. The van der Waals surface area contributed by atoms with Gasteiger partial charge in [-0.25, -0.2) is 8.42 Å². The number of aryl methyl sites for hydroxylation is 1. The normalized spacial score (nSPS) is 18.2. The summed E-state index contributed by atoms with van der Waals surface area (Å²) in [4.78, 5) is 14.3. The zero-order valence-corrected chi connectivity index (χ0v) is 17.6. The van der Waals surface area contributed by atoms with Crippen LogP contribution in [0.2, 0.25) is 0 Å². The smallest absolute Gasteiger partial charge is 0.227 e. The van der Waals surface area contributed by atoms with E-state index in [2.05, 4.69) is 5.10 Å². The Kier molecular flexibility index (Phi) is 5.79. The zero-order chi connectivity index (χ0) is 20.5. The number of hydrogen-bond donors (Lipinski definition) is 0. The van der Waals surface area contributed by atoms with Crippen molar-refractivity contribution < 1.29 is 17.9 Å². The minimum atomic E-state index is -2.97. The number of aromatic nitrogens is 2. The average Bonchev–Trinajstić information content (AvgIpc) is 3.15. The van der Waals surface area contributed by atoms with Gasteiger partial charge >= 0.3 is 0 Å². The van der Waals surface area contributed by atoms with E-state index in [9.17, 15) is 13.2 Å². The molecule has 1 amide bonds. The third-order valence-electron chi connectivity index (χ3n) is 5.36. The Hall–Kier alpha value is -2.35. The van der Waals surface area contributed by atoms with E-state index >= 15 is 0 Å². The van der Waals surface area contributed by atoms with Crippen LogP contribution in [-0.4, -0.2) is 54.7 Å². The minimum Gasteiger partial charge on any atom is -0.497 e. The molecule has 3 rings (SSSR count). The van der Waals surface area contributed by atoms with E-state index in [0.29, 0.717) is 19.4 Å². The highest BCUT2D eigenvalue weighted by Gasteiger charge is 2.31. The number of methoxy groups -OCH3 is 1. The van der Waals surface area contributed by atoms with Crippen molar-refractivity contribution in [2.45, 2.75) is 39.3 Å².